The van der Waals surface area contributed by atoms with E-state index < -0.39 is 7.80 Å². The van der Waals surface area contributed by atoms with Crippen LogP contribution < -0.4 is 0 Å². The summed E-state index contributed by atoms with van der Waals surface area (Å²) in [4.78, 5) is 0. The number of hydrogen-bond donors (Lipinski definition) is 0. The summed E-state index contributed by atoms with van der Waals surface area (Å²) in [5.41, 5.74) is 0.361. The normalized spacial score (nSPS) is 12.3. The molecule has 0 spiro atoms. The fourth-order valence-corrected chi connectivity index (χ4v) is 0. The third-order valence-electron chi connectivity index (χ3n) is 0.727. The Bertz CT molecular complexity index is 58.6. The average Bonchev–Trinajstić information content (AvgIpc) is 1.36. The Kier molecular flexibility index (Phi) is 2.34. The van der Waals surface area contributed by atoms with Gasteiger partial charge in [0.1, 0.15) is 12.3 Å². The average molecular weight is 105 g/mol. The van der Waals surface area contributed by atoms with Crippen molar-refractivity contribution in [1.29, 1.82) is 0 Å². The second-order valence-electron chi connectivity index (χ2n) is 1.64. The summed E-state index contributed by atoms with van der Waals surface area (Å²) in [5.74, 6) is 0. The predicted octanol–water partition coefficient (Wildman–Crippen LogP) is 1.85. The molecule has 0 heterocycles. The summed E-state index contributed by atoms with van der Waals surface area (Å²) in [6, 6.07) is 0. The molecular formula is C4H10OP+. The van der Waals surface area contributed by atoms with E-state index in [4.69, 9.17) is 0 Å². The van der Waals surface area contributed by atoms with Crippen molar-refractivity contribution in [2.45, 2.75) is 19.5 Å². The minimum absolute atomic E-state index is 0.361. The van der Waals surface area contributed by atoms with Crippen molar-refractivity contribution in [3.05, 3.63) is 0 Å². The zero-order valence-electron chi connectivity index (χ0n) is 4.43. The van der Waals surface area contributed by atoms with Crippen molar-refractivity contribution in [1.82, 2.24) is 0 Å². The predicted molar refractivity (Wildman–Crippen MR) is 28.7 cm³/mol. The van der Waals surface area contributed by atoms with Gasteiger partial charge in [-0.05, 0) is 13.8 Å². The van der Waals surface area contributed by atoms with Crippen molar-refractivity contribution in [3.63, 3.8) is 0 Å². The van der Waals surface area contributed by atoms with Crippen LogP contribution in [0.25, 0.3) is 0 Å². The van der Waals surface area contributed by atoms with Gasteiger partial charge >= 0.3 is 7.80 Å². The first-order valence-electron chi connectivity index (χ1n) is 2.04. The lowest BCUT2D eigenvalue weighted by Gasteiger charge is -1.77. The highest BCUT2D eigenvalue weighted by atomic mass is 31.1. The molecule has 0 aromatic carbocycles. The van der Waals surface area contributed by atoms with Crippen molar-refractivity contribution in [2.24, 2.45) is 0 Å². The Morgan fingerprint density at radius 2 is 1.67 bits per heavy atom. The van der Waals surface area contributed by atoms with E-state index in [1.165, 1.54) is 0 Å². The van der Waals surface area contributed by atoms with Crippen LogP contribution in [-0.2, 0) is 4.57 Å². The van der Waals surface area contributed by atoms with E-state index in [1.807, 2.05) is 13.8 Å². The lowest BCUT2D eigenvalue weighted by atomic mass is 10.6. The Hall–Kier alpha value is 0.100. The maximum Gasteiger partial charge on any atom is 0.338 e. The Morgan fingerprint density at radius 3 is 1.67 bits per heavy atom. The molecule has 0 bridgehead atoms. The second kappa shape index (κ2) is 2.30. The van der Waals surface area contributed by atoms with Gasteiger partial charge in [-0.15, -0.1) is 0 Å². The molecule has 0 radical (unpaired) electrons. The lowest BCUT2D eigenvalue weighted by Crippen LogP contribution is -1.80. The molecule has 0 aliphatic rings. The fourth-order valence-electron chi connectivity index (χ4n) is 0. The SMILES string of the molecule is CC(C)[P+](C)=O. The molecule has 0 aromatic rings. The molecule has 0 aliphatic carbocycles. The molecule has 2 heteroatoms. The smallest absolute Gasteiger partial charge is 0.0749 e. The van der Waals surface area contributed by atoms with Crippen LogP contribution in [-0.4, -0.2) is 12.3 Å². The summed E-state index contributed by atoms with van der Waals surface area (Å²) in [5, 5.41) is 0. The van der Waals surface area contributed by atoms with Crippen LogP contribution in [0.1, 0.15) is 13.8 Å². The summed E-state index contributed by atoms with van der Waals surface area (Å²) >= 11 is 0. The molecule has 36 valence electrons. The highest BCUT2D eigenvalue weighted by Crippen LogP contribution is 2.20. The quantitative estimate of drug-likeness (QED) is 0.465. The van der Waals surface area contributed by atoms with Crippen LogP contribution in [0.5, 0.6) is 0 Å². The van der Waals surface area contributed by atoms with Crippen molar-refractivity contribution in [2.75, 3.05) is 6.66 Å². The molecule has 1 atom stereocenters. The second-order valence-corrected chi connectivity index (χ2v) is 3.77. The van der Waals surface area contributed by atoms with E-state index in [2.05, 4.69) is 0 Å². The zero-order chi connectivity index (χ0) is 5.15. The van der Waals surface area contributed by atoms with E-state index in [-0.39, 0.29) is 0 Å². The molecule has 6 heavy (non-hydrogen) atoms. The standard InChI is InChI=1S/C4H10OP/c1-4(2)6(3)5/h4H,1-3H3/q+1. The van der Waals surface area contributed by atoms with Crippen molar-refractivity contribution < 1.29 is 4.57 Å². The van der Waals surface area contributed by atoms with Gasteiger partial charge in [0.2, 0.25) is 0 Å². The first kappa shape index (κ1) is 6.10. The van der Waals surface area contributed by atoms with Gasteiger partial charge in [-0.3, -0.25) is 0 Å². The lowest BCUT2D eigenvalue weighted by molar-refractivity contribution is 0.586. The summed E-state index contributed by atoms with van der Waals surface area (Å²) in [6.45, 7) is 5.66. The van der Waals surface area contributed by atoms with Crippen LogP contribution in [0.3, 0.4) is 0 Å². The van der Waals surface area contributed by atoms with Crippen molar-refractivity contribution in [3.8, 4) is 0 Å². The van der Waals surface area contributed by atoms with E-state index >= 15 is 0 Å². The minimum atomic E-state index is -0.909. The molecule has 0 saturated carbocycles. The van der Waals surface area contributed by atoms with Crippen LogP contribution in [0.15, 0.2) is 0 Å². The largest absolute Gasteiger partial charge is 0.338 e. The zero-order valence-corrected chi connectivity index (χ0v) is 5.33. The molecule has 0 aromatic heterocycles. The molecule has 1 nitrogen and oxygen atoms in total. The van der Waals surface area contributed by atoms with Crippen LogP contribution in [0.2, 0.25) is 0 Å². The molecule has 0 aliphatic heterocycles. The summed E-state index contributed by atoms with van der Waals surface area (Å²) in [7, 11) is -0.909. The first-order valence-corrected chi connectivity index (χ1v) is 3.82. The molecule has 0 fully saturated rings. The molecule has 1 unspecified atom stereocenters. The topological polar surface area (TPSA) is 17.1 Å². The third kappa shape index (κ3) is 2.34. The van der Waals surface area contributed by atoms with Crippen LogP contribution in [0.4, 0.5) is 0 Å². The molecule has 0 amide bonds. The van der Waals surface area contributed by atoms with Gasteiger partial charge in [-0.2, -0.15) is 0 Å². The minimum Gasteiger partial charge on any atom is -0.0749 e. The molecule has 0 saturated heterocycles. The third-order valence-corrected chi connectivity index (χ3v) is 2.18. The Labute approximate surface area is 39.5 Å². The van der Waals surface area contributed by atoms with Gasteiger partial charge in [-0.25, -0.2) is 0 Å². The van der Waals surface area contributed by atoms with Gasteiger partial charge in [0.05, 0.1) is 0 Å². The Morgan fingerprint density at radius 1 is 1.50 bits per heavy atom. The highest BCUT2D eigenvalue weighted by molar-refractivity contribution is 7.44. The van der Waals surface area contributed by atoms with E-state index in [9.17, 15) is 4.57 Å². The van der Waals surface area contributed by atoms with E-state index in [0.29, 0.717) is 5.66 Å². The van der Waals surface area contributed by atoms with Crippen molar-refractivity contribution >= 4 is 7.80 Å². The first-order chi connectivity index (χ1) is 2.64. The van der Waals surface area contributed by atoms with E-state index in [0.717, 1.165) is 0 Å². The van der Waals surface area contributed by atoms with Gasteiger partial charge in [-0.1, -0.05) is 4.57 Å². The molecular weight excluding hydrogens is 95.0 g/mol. The van der Waals surface area contributed by atoms with Gasteiger partial charge in [0.15, 0.2) is 0 Å². The van der Waals surface area contributed by atoms with Gasteiger partial charge < -0.3 is 0 Å². The number of hydrogen-bond acceptors (Lipinski definition) is 1. The summed E-state index contributed by atoms with van der Waals surface area (Å²) in [6.07, 6.45) is 0. The number of rotatable bonds is 1. The van der Waals surface area contributed by atoms with Crippen LogP contribution in [0, 0.1) is 0 Å². The van der Waals surface area contributed by atoms with E-state index in [1.54, 1.807) is 6.66 Å². The Balaban J connectivity index is 3.26. The highest BCUT2D eigenvalue weighted by Gasteiger charge is 2.09. The monoisotopic (exact) mass is 105 g/mol. The maximum atomic E-state index is 10.3. The molecule has 0 rings (SSSR count). The fraction of sp³-hybridized carbons (Fsp3) is 1.00. The summed E-state index contributed by atoms with van der Waals surface area (Å²) < 4.78 is 10.3. The van der Waals surface area contributed by atoms with Crippen LogP contribution >= 0.6 is 7.80 Å². The molecule has 0 N–H and O–H groups in total. The van der Waals surface area contributed by atoms with Gasteiger partial charge in [0.25, 0.3) is 0 Å². The van der Waals surface area contributed by atoms with Gasteiger partial charge in [0, 0.05) is 0 Å². The maximum absolute atomic E-state index is 10.3.